The number of rotatable bonds is 7. The van der Waals surface area contributed by atoms with Crippen molar-refractivity contribution in [2.45, 2.75) is 25.8 Å². The first-order valence-corrected chi connectivity index (χ1v) is 7.22. The molecule has 18 heavy (non-hydrogen) atoms. The van der Waals surface area contributed by atoms with Gasteiger partial charge in [-0.1, -0.05) is 13.0 Å². The maximum Gasteiger partial charge on any atom is 0.321 e. The molecule has 0 unspecified atom stereocenters. The van der Waals surface area contributed by atoms with E-state index in [0.29, 0.717) is 5.69 Å². The van der Waals surface area contributed by atoms with Crippen molar-refractivity contribution >= 4 is 16.0 Å². The fourth-order valence-corrected chi connectivity index (χ4v) is 2.67. The minimum Gasteiger partial charge on any atom is -0.480 e. The Kier molecular flexibility index (Phi) is 5.24. The Morgan fingerprint density at radius 1 is 1.50 bits per heavy atom. The molecule has 1 heterocycles. The van der Waals surface area contributed by atoms with Crippen molar-refractivity contribution in [3.05, 3.63) is 30.1 Å². The number of nitrogens with zero attached hydrogens (tertiary/aromatic N) is 1. The van der Waals surface area contributed by atoms with Gasteiger partial charge in [0.05, 0.1) is 5.75 Å². The Balaban J connectivity index is 2.57. The maximum absolute atomic E-state index is 11.7. The quantitative estimate of drug-likeness (QED) is 0.749. The average Bonchev–Trinajstić information content (AvgIpc) is 2.35. The van der Waals surface area contributed by atoms with E-state index < -0.39 is 22.0 Å². The highest BCUT2D eigenvalue weighted by Crippen LogP contribution is 2.00. The number of sulfonamides is 1. The molecule has 0 saturated carbocycles. The van der Waals surface area contributed by atoms with Crippen LogP contribution in [0.4, 0.5) is 0 Å². The van der Waals surface area contributed by atoms with Gasteiger partial charge in [0.15, 0.2) is 0 Å². The molecule has 0 bridgehead atoms. The Morgan fingerprint density at radius 3 is 2.72 bits per heavy atom. The van der Waals surface area contributed by atoms with Crippen molar-refractivity contribution < 1.29 is 18.3 Å². The average molecular weight is 272 g/mol. The van der Waals surface area contributed by atoms with E-state index in [1.165, 1.54) is 0 Å². The summed E-state index contributed by atoms with van der Waals surface area (Å²) in [7, 11) is -3.61. The summed E-state index contributed by atoms with van der Waals surface area (Å²) < 4.78 is 25.5. The van der Waals surface area contributed by atoms with E-state index in [4.69, 9.17) is 5.11 Å². The fourth-order valence-electron chi connectivity index (χ4n) is 1.37. The van der Waals surface area contributed by atoms with E-state index in [1.807, 2.05) is 0 Å². The summed E-state index contributed by atoms with van der Waals surface area (Å²) in [6.45, 7) is 1.61. The van der Waals surface area contributed by atoms with Gasteiger partial charge in [0, 0.05) is 18.3 Å². The van der Waals surface area contributed by atoms with Crippen LogP contribution in [0.15, 0.2) is 24.4 Å². The van der Waals surface area contributed by atoms with Gasteiger partial charge >= 0.3 is 5.97 Å². The minimum atomic E-state index is -3.61. The zero-order chi connectivity index (χ0) is 13.6. The molecule has 2 N–H and O–H groups in total. The summed E-state index contributed by atoms with van der Waals surface area (Å²) in [4.78, 5) is 14.8. The van der Waals surface area contributed by atoms with Gasteiger partial charge in [-0.3, -0.25) is 9.78 Å². The topological polar surface area (TPSA) is 96.4 Å². The summed E-state index contributed by atoms with van der Waals surface area (Å²) >= 11 is 0. The lowest BCUT2D eigenvalue weighted by Gasteiger charge is -2.12. The zero-order valence-electron chi connectivity index (χ0n) is 10.0. The van der Waals surface area contributed by atoms with Crippen molar-refractivity contribution in [1.29, 1.82) is 0 Å². The second-order valence-electron chi connectivity index (χ2n) is 3.81. The van der Waals surface area contributed by atoms with E-state index in [1.54, 1.807) is 31.3 Å². The van der Waals surface area contributed by atoms with Crippen LogP contribution in [0, 0.1) is 0 Å². The number of pyridine rings is 1. The lowest BCUT2D eigenvalue weighted by molar-refractivity contribution is -0.139. The molecule has 0 radical (unpaired) electrons. The summed E-state index contributed by atoms with van der Waals surface area (Å²) in [5, 5.41) is 8.78. The molecule has 1 atom stereocenters. The van der Waals surface area contributed by atoms with Crippen LogP contribution in [0.1, 0.15) is 19.0 Å². The summed E-state index contributed by atoms with van der Waals surface area (Å²) in [6, 6.07) is 4.17. The predicted molar refractivity (Wildman–Crippen MR) is 66.6 cm³/mol. The third kappa shape index (κ3) is 4.80. The van der Waals surface area contributed by atoms with Gasteiger partial charge in [-0.15, -0.1) is 0 Å². The van der Waals surface area contributed by atoms with Crippen molar-refractivity contribution in [3.8, 4) is 0 Å². The van der Waals surface area contributed by atoms with Crippen molar-refractivity contribution in [2.75, 3.05) is 5.75 Å². The molecule has 100 valence electrons. The molecule has 0 aliphatic rings. The Morgan fingerprint density at radius 2 is 2.22 bits per heavy atom. The van der Waals surface area contributed by atoms with Gasteiger partial charge in [-0.25, -0.2) is 13.1 Å². The van der Waals surface area contributed by atoms with Gasteiger partial charge in [-0.05, 0) is 18.6 Å². The number of aromatic nitrogens is 1. The first-order chi connectivity index (χ1) is 8.44. The largest absolute Gasteiger partial charge is 0.480 e. The molecule has 1 aromatic rings. The molecule has 6 nitrogen and oxygen atoms in total. The van der Waals surface area contributed by atoms with E-state index >= 15 is 0 Å². The third-order valence-corrected chi connectivity index (χ3v) is 3.77. The summed E-state index contributed by atoms with van der Waals surface area (Å²) in [6.07, 6.45) is 2.05. The standard InChI is InChI=1S/C11H16N2O4S/c1-2-10(11(14)15)13-18(16,17)8-6-9-5-3-4-7-12-9/h3-5,7,10,13H,2,6,8H2,1H3,(H,14,15)/t10-/m1/s1. The second kappa shape index (κ2) is 6.46. The van der Waals surface area contributed by atoms with E-state index in [2.05, 4.69) is 9.71 Å². The van der Waals surface area contributed by atoms with Gasteiger partial charge in [0.1, 0.15) is 6.04 Å². The number of aryl methyl sites for hydroxylation is 1. The number of aliphatic carboxylic acids is 1. The van der Waals surface area contributed by atoms with Crippen molar-refractivity contribution in [3.63, 3.8) is 0 Å². The molecule has 7 heteroatoms. The van der Waals surface area contributed by atoms with Crippen molar-refractivity contribution in [1.82, 2.24) is 9.71 Å². The molecular formula is C11H16N2O4S. The normalized spacial score (nSPS) is 13.2. The highest BCUT2D eigenvalue weighted by molar-refractivity contribution is 7.89. The number of hydrogen-bond donors (Lipinski definition) is 2. The molecule has 0 spiro atoms. The van der Waals surface area contributed by atoms with Crippen LogP contribution in [-0.2, 0) is 21.2 Å². The SMILES string of the molecule is CC[C@@H](NS(=O)(=O)CCc1ccccn1)C(=O)O. The van der Waals surface area contributed by atoms with Crippen LogP contribution in [0.2, 0.25) is 0 Å². The molecular weight excluding hydrogens is 256 g/mol. The highest BCUT2D eigenvalue weighted by atomic mass is 32.2. The zero-order valence-corrected chi connectivity index (χ0v) is 10.9. The minimum absolute atomic E-state index is 0.173. The second-order valence-corrected chi connectivity index (χ2v) is 5.68. The molecule has 0 aliphatic heterocycles. The monoisotopic (exact) mass is 272 g/mol. The Bertz CT molecular complexity index is 487. The third-order valence-electron chi connectivity index (χ3n) is 2.38. The Hall–Kier alpha value is -1.47. The van der Waals surface area contributed by atoms with Crippen LogP contribution >= 0.6 is 0 Å². The number of hydrogen-bond acceptors (Lipinski definition) is 4. The molecule has 0 amide bonds. The van der Waals surface area contributed by atoms with E-state index in [0.717, 1.165) is 0 Å². The van der Waals surface area contributed by atoms with Gasteiger partial charge in [0.2, 0.25) is 10.0 Å². The predicted octanol–water partition coefficient (Wildman–Crippen LogP) is 0.407. The molecule has 0 fully saturated rings. The molecule has 1 rings (SSSR count). The van der Waals surface area contributed by atoms with Crippen LogP contribution in [0.5, 0.6) is 0 Å². The molecule has 0 aromatic carbocycles. The van der Waals surface area contributed by atoms with Crippen LogP contribution in [0.3, 0.4) is 0 Å². The lowest BCUT2D eigenvalue weighted by atomic mass is 10.2. The molecule has 1 aromatic heterocycles. The number of carboxylic acids is 1. The number of carboxylic acid groups (broad SMARTS) is 1. The Labute approximate surface area is 106 Å². The van der Waals surface area contributed by atoms with Gasteiger partial charge in [0.25, 0.3) is 0 Å². The van der Waals surface area contributed by atoms with Crippen LogP contribution < -0.4 is 4.72 Å². The first-order valence-electron chi connectivity index (χ1n) is 5.57. The molecule has 0 saturated heterocycles. The fraction of sp³-hybridized carbons (Fsp3) is 0.455. The number of nitrogens with one attached hydrogen (secondary N) is 1. The maximum atomic E-state index is 11.7. The number of carbonyl (C=O) groups is 1. The van der Waals surface area contributed by atoms with Crippen molar-refractivity contribution in [2.24, 2.45) is 0 Å². The summed E-state index contributed by atoms with van der Waals surface area (Å²) in [5.74, 6) is -1.34. The van der Waals surface area contributed by atoms with Gasteiger partial charge < -0.3 is 5.11 Å². The van der Waals surface area contributed by atoms with Crippen LogP contribution in [0.25, 0.3) is 0 Å². The molecule has 0 aliphatic carbocycles. The first kappa shape index (κ1) is 14.6. The highest BCUT2D eigenvalue weighted by Gasteiger charge is 2.21. The van der Waals surface area contributed by atoms with E-state index in [-0.39, 0.29) is 18.6 Å². The summed E-state index contributed by atoms with van der Waals surface area (Å²) in [5.41, 5.74) is 0.659. The lowest BCUT2D eigenvalue weighted by Crippen LogP contribution is -2.41. The van der Waals surface area contributed by atoms with Crippen LogP contribution in [-0.4, -0.2) is 36.3 Å². The van der Waals surface area contributed by atoms with Gasteiger partial charge in [-0.2, -0.15) is 0 Å². The van der Waals surface area contributed by atoms with E-state index in [9.17, 15) is 13.2 Å². The smallest absolute Gasteiger partial charge is 0.321 e.